The summed E-state index contributed by atoms with van der Waals surface area (Å²) in [4.78, 5) is 8.14. The zero-order valence-electron chi connectivity index (χ0n) is 10.7. The molecule has 1 aromatic heterocycles. The molecule has 0 amide bonds. The van der Waals surface area contributed by atoms with Crippen molar-refractivity contribution in [2.24, 2.45) is 0 Å². The van der Waals surface area contributed by atoms with E-state index in [0.717, 1.165) is 11.3 Å². The summed E-state index contributed by atoms with van der Waals surface area (Å²) >= 11 is 5.82. The fourth-order valence-electron chi connectivity index (χ4n) is 1.76. The Labute approximate surface area is 117 Å². The number of aromatic nitrogens is 2. The summed E-state index contributed by atoms with van der Waals surface area (Å²) in [6, 6.07) is 11.4. The van der Waals surface area contributed by atoms with Gasteiger partial charge in [0.1, 0.15) is 5.82 Å². The number of benzene rings is 1. The number of aryl methyl sites for hydroxylation is 1. The third kappa shape index (κ3) is 3.43. The van der Waals surface area contributed by atoms with E-state index in [1.165, 1.54) is 0 Å². The van der Waals surface area contributed by atoms with Crippen molar-refractivity contribution in [3.63, 3.8) is 0 Å². The van der Waals surface area contributed by atoms with Crippen LogP contribution < -0.4 is 5.32 Å². The van der Waals surface area contributed by atoms with Crippen molar-refractivity contribution in [3.05, 3.63) is 52.4 Å². The fourth-order valence-corrected chi connectivity index (χ4v) is 1.98. The number of anilines is 1. The monoisotopic (exact) mass is 272 g/mol. The van der Waals surface area contributed by atoms with Gasteiger partial charge in [-0.1, -0.05) is 12.1 Å². The van der Waals surface area contributed by atoms with Gasteiger partial charge in [0.2, 0.25) is 5.28 Å². The van der Waals surface area contributed by atoms with E-state index in [4.69, 9.17) is 16.9 Å². The third-order valence-corrected chi connectivity index (χ3v) is 2.90. The molecule has 5 heteroatoms. The summed E-state index contributed by atoms with van der Waals surface area (Å²) in [5, 5.41) is 12.3. The minimum absolute atomic E-state index is 0.0677. The van der Waals surface area contributed by atoms with Gasteiger partial charge in [0.05, 0.1) is 11.6 Å². The summed E-state index contributed by atoms with van der Waals surface area (Å²) < 4.78 is 0. The third-order valence-electron chi connectivity index (χ3n) is 2.73. The van der Waals surface area contributed by atoms with Crippen molar-refractivity contribution in [1.29, 1.82) is 5.26 Å². The Kier molecular flexibility index (Phi) is 3.98. The van der Waals surface area contributed by atoms with Crippen molar-refractivity contribution in [2.75, 3.05) is 5.32 Å². The van der Waals surface area contributed by atoms with Crippen molar-refractivity contribution in [3.8, 4) is 6.07 Å². The molecule has 2 rings (SSSR count). The standard InChI is InChI=1S/C14H13ClN4/c1-9-7-13(19-14(15)17-9)18-10(2)12-5-3-11(8-16)4-6-12/h3-7,10H,1-2H3,(H,17,18,19). The summed E-state index contributed by atoms with van der Waals surface area (Å²) in [6.07, 6.45) is 0. The normalized spacial score (nSPS) is 11.7. The first-order valence-corrected chi connectivity index (χ1v) is 6.24. The smallest absolute Gasteiger partial charge is 0.224 e. The fraction of sp³-hybridized carbons (Fsp3) is 0.214. The zero-order valence-corrected chi connectivity index (χ0v) is 11.4. The lowest BCUT2D eigenvalue weighted by Gasteiger charge is -2.15. The molecule has 0 aliphatic carbocycles. The molecule has 0 saturated carbocycles. The lowest BCUT2D eigenvalue weighted by atomic mass is 10.1. The number of nitriles is 1. The van der Waals surface area contributed by atoms with Crippen LogP contribution >= 0.6 is 11.6 Å². The molecule has 1 heterocycles. The molecule has 4 nitrogen and oxygen atoms in total. The Morgan fingerprint density at radius 3 is 2.53 bits per heavy atom. The largest absolute Gasteiger partial charge is 0.363 e. The van der Waals surface area contributed by atoms with Crippen LogP contribution in [0.5, 0.6) is 0 Å². The summed E-state index contributed by atoms with van der Waals surface area (Å²) in [5.74, 6) is 0.689. The predicted molar refractivity (Wildman–Crippen MR) is 75.0 cm³/mol. The van der Waals surface area contributed by atoms with E-state index < -0.39 is 0 Å². The second-order valence-corrected chi connectivity index (χ2v) is 4.60. The van der Waals surface area contributed by atoms with E-state index in [1.807, 2.05) is 32.0 Å². The van der Waals surface area contributed by atoms with Crippen LogP contribution in [0.3, 0.4) is 0 Å². The van der Waals surface area contributed by atoms with Crippen LogP contribution in [-0.4, -0.2) is 9.97 Å². The van der Waals surface area contributed by atoms with E-state index in [0.29, 0.717) is 11.4 Å². The van der Waals surface area contributed by atoms with Gasteiger partial charge in [0, 0.05) is 17.8 Å². The molecule has 0 aliphatic heterocycles. The minimum Gasteiger partial charge on any atom is -0.363 e. The average molecular weight is 273 g/mol. The van der Waals surface area contributed by atoms with E-state index in [9.17, 15) is 0 Å². The maximum Gasteiger partial charge on any atom is 0.224 e. The van der Waals surface area contributed by atoms with E-state index >= 15 is 0 Å². The Hall–Kier alpha value is -2.12. The first-order valence-electron chi connectivity index (χ1n) is 5.86. The molecule has 0 spiro atoms. The molecule has 1 unspecified atom stereocenters. The molecule has 0 radical (unpaired) electrons. The van der Waals surface area contributed by atoms with Crippen LogP contribution in [-0.2, 0) is 0 Å². The van der Waals surface area contributed by atoms with Crippen LogP contribution in [0.15, 0.2) is 30.3 Å². The van der Waals surface area contributed by atoms with Gasteiger partial charge in [-0.05, 0) is 43.1 Å². The van der Waals surface area contributed by atoms with E-state index in [-0.39, 0.29) is 11.3 Å². The average Bonchev–Trinajstić information content (AvgIpc) is 2.37. The molecular formula is C14H13ClN4. The lowest BCUT2D eigenvalue weighted by molar-refractivity contribution is 0.870. The topological polar surface area (TPSA) is 61.6 Å². The van der Waals surface area contributed by atoms with Crippen LogP contribution in [0.1, 0.15) is 29.8 Å². The highest BCUT2D eigenvalue weighted by atomic mass is 35.5. The number of hydrogen-bond donors (Lipinski definition) is 1. The molecule has 1 atom stereocenters. The second kappa shape index (κ2) is 5.68. The molecule has 0 fully saturated rings. The highest BCUT2D eigenvalue weighted by molar-refractivity contribution is 6.28. The van der Waals surface area contributed by atoms with Gasteiger partial charge in [0.25, 0.3) is 0 Å². The maximum atomic E-state index is 8.77. The van der Waals surface area contributed by atoms with Gasteiger partial charge in [-0.25, -0.2) is 9.97 Å². The van der Waals surface area contributed by atoms with Crippen molar-refractivity contribution < 1.29 is 0 Å². The van der Waals surface area contributed by atoms with Gasteiger partial charge in [-0.2, -0.15) is 5.26 Å². The number of nitrogens with one attached hydrogen (secondary N) is 1. The molecule has 1 aromatic carbocycles. The Morgan fingerprint density at radius 1 is 1.26 bits per heavy atom. The zero-order chi connectivity index (χ0) is 13.8. The number of nitrogens with zero attached hydrogens (tertiary/aromatic N) is 3. The van der Waals surface area contributed by atoms with Crippen molar-refractivity contribution >= 4 is 17.4 Å². The quantitative estimate of drug-likeness (QED) is 0.869. The molecule has 1 N–H and O–H groups in total. The van der Waals surface area contributed by atoms with Gasteiger partial charge in [0.15, 0.2) is 0 Å². The first kappa shape index (κ1) is 13.3. The number of hydrogen-bond acceptors (Lipinski definition) is 4. The molecule has 96 valence electrons. The highest BCUT2D eigenvalue weighted by Gasteiger charge is 2.07. The first-order chi connectivity index (χ1) is 9.08. The van der Waals surface area contributed by atoms with Crippen LogP contribution in [0.4, 0.5) is 5.82 Å². The van der Waals surface area contributed by atoms with Gasteiger partial charge in [-0.15, -0.1) is 0 Å². The highest BCUT2D eigenvalue weighted by Crippen LogP contribution is 2.19. The van der Waals surface area contributed by atoms with E-state index in [2.05, 4.69) is 21.4 Å². The Morgan fingerprint density at radius 2 is 1.95 bits per heavy atom. The predicted octanol–water partition coefficient (Wildman–Crippen LogP) is 3.48. The van der Waals surface area contributed by atoms with Crippen molar-refractivity contribution in [2.45, 2.75) is 19.9 Å². The molecule has 0 aliphatic rings. The minimum atomic E-state index is 0.0677. The van der Waals surface area contributed by atoms with Crippen LogP contribution in [0.25, 0.3) is 0 Å². The molecule has 2 aromatic rings. The molecule has 0 saturated heterocycles. The summed E-state index contributed by atoms with van der Waals surface area (Å²) in [6.45, 7) is 3.89. The van der Waals surface area contributed by atoms with Gasteiger partial charge < -0.3 is 5.32 Å². The summed E-state index contributed by atoms with van der Waals surface area (Å²) in [5.41, 5.74) is 2.54. The van der Waals surface area contributed by atoms with Crippen LogP contribution in [0.2, 0.25) is 5.28 Å². The van der Waals surface area contributed by atoms with Gasteiger partial charge in [-0.3, -0.25) is 0 Å². The number of halogens is 1. The SMILES string of the molecule is Cc1cc(NC(C)c2ccc(C#N)cc2)nc(Cl)n1. The Balaban J connectivity index is 2.15. The molecule has 0 bridgehead atoms. The molecule has 19 heavy (non-hydrogen) atoms. The maximum absolute atomic E-state index is 8.77. The summed E-state index contributed by atoms with van der Waals surface area (Å²) in [7, 11) is 0. The van der Waals surface area contributed by atoms with E-state index in [1.54, 1.807) is 12.1 Å². The van der Waals surface area contributed by atoms with Crippen molar-refractivity contribution in [1.82, 2.24) is 9.97 Å². The molecular weight excluding hydrogens is 260 g/mol. The lowest BCUT2D eigenvalue weighted by Crippen LogP contribution is -2.08. The van der Waals surface area contributed by atoms with Crippen LogP contribution in [0, 0.1) is 18.3 Å². The Bertz CT molecular complexity index is 596. The second-order valence-electron chi connectivity index (χ2n) is 4.26. The van der Waals surface area contributed by atoms with Gasteiger partial charge >= 0.3 is 0 Å². The number of rotatable bonds is 3.